The monoisotopic (exact) mass is 189 g/mol. The predicted octanol–water partition coefficient (Wildman–Crippen LogP) is 0.865. The lowest BCUT2D eigenvalue weighted by molar-refractivity contribution is -0.0799. The molecule has 65 valence electrons. The van der Waals surface area contributed by atoms with Gasteiger partial charge in [-0.15, -0.1) is 0 Å². The van der Waals surface area contributed by atoms with Gasteiger partial charge in [-0.3, -0.25) is 0 Å². The van der Waals surface area contributed by atoms with Crippen LogP contribution < -0.4 is 0 Å². The second-order valence-electron chi connectivity index (χ2n) is 1.67. The molecule has 0 aliphatic heterocycles. The van der Waals surface area contributed by atoms with Crippen molar-refractivity contribution >= 4 is 10.1 Å². The fourth-order valence-corrected chi connectivity index (χ4v) is 0.632. The zero-order chi connectivity index (χ0) is 9.12. The van der Waals surface area contributed by atoms with Crippen molar-refractivity contribution in [2.45, 2.75) is 6.18 Å². The van der Waals surface area contributed by atoms with Gasteiger partial charge in [0.05, 0.1) is 5.75 Å². The van der Waals surface area contributed by atoms with E-state index in [2.05, 4.69) is 0 Å². The maximum Gasteiger partial charge on any atom is 0.409 e. The lowest BCUT2D eigenvalue weighted by Crippen LogP contribution is -2.04. The van der Waals surface area contributed by atoms with Crippen LogP contribution in [-0.2, 0) is 14.7 Å². The van der Waals surface area contributed by atoms with Gasteiger partial charge in [-0.25, -0.2) is 0 Å². The van der Waals surface area contributed by atoms with Gasteiger partial charge in [-0.1, -0.05) is 10.6 Å². The SMILES string of the molecule is [O]S(=O)(=O)CC=CC(F)(F)F. The molecule has 0 heterocycles. The van der Waals surface area contributed by atoms with E-state index in [0.717, 1.165) is 0 Å². The van der Waals surface area contributed by atoms with Gasteiger partial charge >= 0.3 is 6.18 Å². The normalized spacial score (nSPS) is 14.2. The van der Waals surface area contributed by atoms with E-state index in [9.17, 15) is 26.1 Å². The van der Waals surface area contributed by atoms with Gasteiger partial charge in [0.25, 0.3) is 10.1 Å². The van der Waals surface area contributed by atoms with Crippen LogP contribution in [0.3, 0.4) is 0 Å². The summed E-state index contributed by atoms with van der Waals surface area (Å²) in [7, 11) is -4.58. The molecule has 0 aromatic heterocycles. The molecular formula is C4H4F3O3S. The van der Waals surface area contributed by atoms with E-state index in [-0.39, 0.29) is 12.2 Å². The van der Waals surface area contributed by atoms with E-state index in [1.54, 1.807) is 0 Å². The van der Waals surface area contributed by atoms with Crippen LogP contribution in [0.2, 0.25) is 0 Å². The summed E-state index contributed by atoms with van der Waals surface area (Å²) >= 11 is 0. The molecule has 0 atom stereocenters. The number of halogens is 3. The Bertz CT molecular complexity index is 238. The molecule has 7 heteroatoms. The second kappa shape index (κ2) is 3.22. The smallest absolute Gasteiger partial charge is 0.197 e. The molecule has 0 amide bonds. The Morgan fingerprint density at radius 2 is 1.73 bits per heavy atom. The van der Waals surface area contributed by atoms with E-state index in [1.807, 2.05) is 0 Å². The average molecular weight is 189 g/mol. The van der Waals surface area contributed by atoms with Crippen LogP contribution in [0.5, 0.6) is 0 Å². The zero-order valence-corrected chi connectivity index (χ0v) is 5.95. The molecule has 0 aromatic carbocycles. The van der Waals surface area contributed by atoms with Crippen molar-refractivity contribution in [3.05, 3.63) is 12.2 Å². The van der Waals surface area contributed by atoms with E-state index in [4.69, 9.17) is 0 Å². The summed E-state index contributed by atoms with van der Waals surface area (Å²) in [6.45, 7) is 0. The minimum absolute atomic E-state index is 0.266. The molecule has 3 nitrogen and oxygen atoms in total. The third-order valence-corrected chi connectivity index (χ3v) is 1.21. The first-order valence-electron chi connectivity index (χ1n) is 2.39. The largest absolute Gasteiger partial charge is 0.409 e. The molecule has 11 heavy (non-hydrogen) atoms. The molecule has 0 unspecified atom stereocenters. The number of alkyl halides is 3. The van der Waals surface area contributed by atoms with E-state index >= 15 is 0 Å². The second-order valence-corrected chi connectivity index (χ2v) is 3.12. The third kappa shape index (κ3) is 9.44. The number of allylic oxidation sites excluding steroid dienone is 1. The van der Waals surface area contributed by atoms with Crippen LogP contribution in [0.25, 0.3) is 0 Å². The fourth-order valence-electron chi connectivity index (χ4n) is 0.300. The summed E-state index contributed by atoms with van der Waals surface area (Å²) in [4.78, 5) is 0. The zero-order valence-electron chi connectivity index (χ0n) is 5.13. The van der Waals surface area contributed by atoms with Crippen LogP contribution in [-0.4, -0.2) is 20.3 Å². The summed E-state index contributed by atoms with van der Waals surface area (Å²) in [5.74, 6) is -1.13. The molecule has 0 aromatic rings. The molecule has 0 spiro atoms. The number of hydrogen-bond acceptors (Lipinski definition) is 2. The van der Waals surface area contributed by atoms with Gasteiger partial charge in [0.2, 0.25) is 0 Å². The molecule has 0 N–H and O–H groups in total. The van der Waals surface area contributed by atoms with Crippen LogP contribution in [0, 0.1) is 0 Å². The lowest BCUT2D eigenvalue weighted by atomic mass is 10.5. The molecular weight excluding hydrogens is 185 g/mol. The minimum Gasteiger partial charge on any atom is -0.197 e. The van der Waals surface area contributed by atoms with Gasteiger partial charge in [0.15, 0.2) is 0 Å². The first-order valence-corrected chi connectivity index (χ1v) is 3.96. The van der Waals surface area contributed by atoms with Crippen molar-refractivity contribution in [2.75, 3.05) is 5.75 Å². The van der Waals surface area contributed by atoms with Crippen molar-refractivity contribution in [1.82, 2.24) is 0 Å². The van der Waals surface area contributed by atoms with E-state index < -0.39 is 22.0 Å². The topological polar surface area (TPSA) is 54.0 Å². The number of rotatable bonds is 2. The molecule has 0 fully saturated rings. The van der Waals surface area contributed by atoms with Crippen molar-refractivity contribution < 1.29 is 26.1 Å². The van der Waals surface area contributed by atoms with Crippen molar-refractivity contribution in [3.63, 3.8) is 0 Å². The summed E-state index contributed by atoms with van der Waals surface area (Å²) < 4.78 is 63.0. The highest BCUT2D eigenvalue weighted by Crippen LogP contribution is 2.15. The summed E-state index contributed by atoms with van der Waals surface area (Å²) in [6, 6.07) is 0. The van der Waals surface area contributed by atoms with Crippen LogP contribution in [0.1, 0.15) is 0 Å². The standard InChI is InChI=1S/C4H4F3O3S/c5-4(6,7)2-1-3-11(8,9)10/h1-2H,3H2. The Balaban J connectivity index is 4.00. The Morgan fingerprint density at radius 3 is 2.00 bits per heavy atom. The van der Waals surface area contributed by atoms with Gasteiger partial charge in [0.1, 0.15) is 0 Å². The minimum atomic E-state index is -4.58. The molecule has 0 bridgehead atoms. The first-order chi connectivity index (χ1) is 4.71. The van der Waals surface area contributed by atoms with Crippen LogP contribution >= 0.6 is 0 Å². The number of hydrogen-bond donors (Lipinski definition) is 0. The maximum absolute atomic E-state index is 11.2. The van der Waals surface area contributed by atoms with Crippen molar-refractivity contribution in [3.8, 4) is 0 Å². The highest BCUT2D eigenvalue weighted by Gasteiger charge is 2.22. The lowest BCUT2D eigenvalue weighted by Gasteiger charge is -1.95. The Labute approximate surface area is 61.3 Å². The summed E-state index contributed by atoms with van der Waals surface area (Å²) in [6.07, 6.45) is -4.59. The fraction of sp³-hybridized carbons (Fsp3) is 0.500. The Morgan fingerprint density at radius 1 is 1.27 bits per heavy atom. The highest BCUT2D eigenvalue weighted by atomic mass is 32.2. The maximum atomic E-state index is 11.2. The average Bonchev–Trinajstić information content (AvgIpc) is 1.55. The predicted molar refractivity (Wildman–Crippen MR) is 29.7 cm³/mol. The molecule has 0 rings (SSSR count). The molecule has 0 saturated carbocycles. The molecule has 0 aliphatic rings. The van der Waals surface area contributed by atoms with E-state index in [0.29, 0.717) is 0 Å². The van der Waals surface area contributed by atoms with Crippen molar-refractivity contribution in [1.29, 1.82) is 0 Å². The Hall–Kier alpha value is -0.560. The molecule has 1 radical (unpaired) electrons. The third-order valence-electron chi connectivity index (χ3n) is 0.607. The molecule has 0 aliphatic carbocycles. The Kier molecular flexibility index (Phi) is 3.06. The van der Waals surface area contributed by atoms with Gasteiger partial charge < -0.3 is 0 Å². The summed E-state index contributed by atoms with van der Waals surface area (Å²) in [5, 5.41) is 0. The van der Waals surface area contributed by atoms with E-state index in [1.165, 1.54) is 0 Å². The van der Waals surface area contributed by atoms with Gasteiger partial charge in [-0.2, -0.15) is 21.6 Å². The molecule has 0 saturated heterocycles. The van der Waals surface area contributed by atoms with Crippen LogP contribution in [0.4, 0.5) is 13.2 Å². The van der Waals surface area contributed by atoms with Crippen LogP contribution in [0.15, 0.2) is 12.2 Å². The van der Waals surface area contributed by atoms with Gasteiger partial charge in [-0.05, 0) is 0 Å². The first kappa shape index (κ1) is 10.4. The highest BCUT2D eigenvalue weighted by molar-refractivity contribution is 7.85. The van der Waals surface area contributed by atoms with Crippen molar-refractivity contribution in [2.24, 2.45) is 0 Å². The summed E-state index contributed by atoms with van der Waals surface area (Å²) in [5.41, 5.74) is 0. The van der Waals surface area contributed by atoms with Gasteiger partial charge in [0, 0.05) is 6.08 Å². The quantitative estimate of drug-likeness (QED) is 0.605.